The fraction of sp³-hybridized carbons (Fsp3) is 0.562. The highest BCUT2D eigenvalue weighted by Crippen LogP contribution is 2.20. The van der Waals surface area contributed by atoms with Crippen molar-refractivity contribution in [3.8, 4) is 0 Å². The maximum Gasteiger partial charge on any atom is 0.251 e. The molecule has 1 heterocycles. The Kier molecular flexibility index (Phi) is 4.85. The molecule has 116 valence electrons. The van der Waals surface area contributed by atoms with E-state index in [0.717, 1.165) is 5.69 Å². The SMILES string of the molecule is CC(C)NC(=O)c1cccc(NC2COC(C)(C)OC2)c1. The van der Waals surface area contributed by atoms with Crippen LogP contribution >= 0.6 is 0 Å². The largest absolute Gasteiger partial charge is 0.378 e. The first kappa shape index (κ1) is 15.8. The summed E-state index contributed by atoms with van der Waals surface area (Å²) in [6, 6.07) is 7.66. The molecule has 0 unspecified atom stereocenters. The average molecular weight is 292 g/mol. The number of hydrogen-bond acceptors (Lipinski definition) is 4. The zero-order chi connectivity index (χ0) is 15.5. The van der Waals surface area contributed by atoms with E-state index < -0.39 is 5.79 Å². The molecule has 0 spiro atoms. The normalized spacial score (nSPS) is 18.5. The molecule has 1 fully saturated rings. The van der Waals surface area contributed by atoms with Gasteiger partial charge in [-0.2, -0.15) is 0 Å². The van der Waals surface area contributed by atoms with Crippen molar-refractivity contribution in [1.82, 2.24) is 5.32 Å². The molecule has 0 radical (unpaired) electrons. The fourth-order valence-electron chi connectivity index (χ4n) is 2.11. The number of amides is 1. The summed E-state index contributed by atoms with van der Waals surface area (Å²) in [4.78, 5) is 12.0. The summed E-state index contributed by atoms with van der Waals surface area (Å²) in [6.45, 7) is 8.85. The Balaban J connectivity index is 1.97. The van der Waals surface area contributed by atoms with Gasteiger partial charge in [0.2, 0.25) is 0 Å². The molecule has 5 nitrogen and oxygen atoms in total. The summed E-state index contributed by atoms with van der Waals surface area (Å²) in [7, 11) is 0. The Bertz CT molecular complexity index is 490. The lowest BCUT2D eigenvalue weighted by Gasteiger charge is -2.35. The number of hydrogen-bond donors (Lipinski definition) is 2. The lowest BCUT2D eigenvalue weighted by atomic mass is 10.1. The molecule has 1 amide bonds. The van der Waals surface area contributed by atoms with Crippen LogP contribution in [-0.2, 0) is 9.47 Å². The quantitative estimate of drug-likeness (QED) is 0.894. The van der Waals surface area contributed by atoms with Crippen LogP contribution in [0.15, 0.2) is 24.3 Å². The highest BCUT2D eigenvalue weighted by molar-refractivity contribution is 5.95. The molecule has 5 heteroatoms. The summed E-state index contributed by atoms with van der Waals surface area (Å²) in [6.07, 6.45) is 0. The fourth-order valence-corrected chi connectivity index (χ4v) is 2.11. The van der Waals surface area contributed by atoms with Gasteiger partial charge in [-0.1, -0.05) is 6.07 Å². The van der Waals surface area contributed by atoms with Crippen LogP contribution in [-0.4, -0.2) is 37.0 Å². The number of carbonyl (C=O) groups excluding carboxylic acids is 1. The standard InChI is InChI=1S/C16H24N2O3/c1-11(2)17-15(19)12-6-5-7-13(8-12)18-14-9-20-16(3,4)21-10-14/h5-8,11,14,18H,9-10H2,1-4H3,(H,17,19). The number of anilines is 1. The highest BCUT2D eigenvalue weighted by atomic mass is 16.7. The summed E-state index contributed by atoms with van der Waals surface area (Å²) in [5.41, 5.74) is 1.54. The molecule has 2 rings (SSSR count). The van der Waals surface area contributed by atoms with Gasteiger partial charge in [0.15, 0.2) is 5.79 Å². The Morgan fingerprint density at radius 3 is 2.57 bits per heavy atom. The number of rotatable bonds is 4. The molecule has 1 aromatic rings. The van der Waals surface area contributed by atoms with Crippen LogP contribution < -0.4 is 10.6 Å². The van der Waals surface area contributed by atoms with Gasteiger partial charge in [-0.15, -0.1) is 0 Å². The smallest absolute Gasteiger partial charge is 0.251 e. The van der Waals surface area contributed by atoms with E-state index in [1.807, 2.05) is 45.9 Å². The summed E-state index contributed by atoms with van der Waals surface area (Å²) < 4.78 is 11.2. The monoisotopic (exact) mass is 292 g/mol. The molecule has 1 aromatic carbocycles. The third-order valence-corrected chi connectivity index (χ3v) is 3.18. The third-order valence-electron chi connectivity index (χ3n) is 3.18. The Labute approximate surface area is 126 Å². The van der Waals surface area contributed by atoms with Crippen molar-refractivity contribution in [2.24, 2.45) is 0 Å². The molecule has 0 bridgehead atoms. The van der Waals surface area contributed by atoms with Crippen molar-refractivity contribution in [1.29, 1.82) is 0 Å². The molecule has 0 atom stereocenters. The van der Waals surface area contributed by atoms with E-state index >= 15 is 0 Å². The van der Waals surface area contributed by atoms with E-state index in [9.17, 15) is 4.79 Å². The van der Waals surface area contributed by atoms with Gasteiger partial charge < -0.3 is 20.1 Å². The second kappa shape index (κ2) is 6.45. The van der Waals surface area contributed by atoms with Gasteiger partial charge in [0.05, 0.1) is 19.3 Å². The number of ether oxygens (including phenoxy) is 2. The molecule has 1 aliphatic rings. The van der Waals surface area contributed by atoms with Gasteiger partial charge in [-0.05, 0) is 45.9 Å². The van der Waals surface area contributed by atoms with E-state index in [0.29, 0.717) is 18.8 Å². The van der Waals surface area contributed by atoms with E-state index in [1.165, 1.54) is 0 Å². The predicted octanol–water partition coefficient (Wildman–Crippen LogP) is 2.39. The van der Waals surface area contributed by atoms with Gasteiger partial charge >= 0.3 is 0 Å². The number of benzene rings is 1. The van der Waals surface area contributed by atoms with Crippen LogP contribution in [0.1, 0.15) is 38.1 Å². The molecule has 1 aliphatic heterocycles. The summed E-state index contributed by atoms with van der Waals surface area (Å²) in [5.74, 6) is -0.581. The molecule has 0 saturated carbocycles. The van der Waals surface area contributed by atoms with Gasteiger partial charge in [0.25, 0.3) is 5.91 Å². The molecule has 0 aromatic heterocycles. The van der Waals surface area contributed by atoms with Crippen molar-refractivity contribution in [3.05, 3.63) is 29.8 Å². The van der Waals surface area contributed by atoms with Crippen molar-refractivity contribution >= 4 is 11.6 Å². The van der Waals surface area contributed by atoms with Gasteiger partial charge in [-0.25, -0.2) is 0 Å². The first-order chi connectivity index (χ1) is 9.85. The molecule has 0 aliphatic carbocycles. The van der Waals surface area contributed by atoms with Gasteiger partial charge in [-0.3, -0.25) is 4.79 Å². The minimum atomic E-state index is -0.517. The maximum atomic E-state index is 12.0. The van der Waals surface area contributed by atoms with E-state index in [1.54, 1.807) is 6.07 Å². The van der Waals surface area contributed by atoms with Crippen LogP contribution in [0.5, 0.6) is 0 Å². The first-order valence-electron chi connectivity index (χ1n) is 7.31. The topological polar surface area (TPSA) is 59.6 Å². The number of nitrogens with one attached hydrogen (secondary N) is 2. The second-order valence-corrected chi connectivity index (χ2v) is 6.07. The third kappa shape index (κ3) is 4.72. The zero-order valence-electron chi connectivity index (χ0n) is 13.1. The number of carbonyl (C=O) groups is 1. The van der Waals surface area contributed by atoms with Crippen LogP contribution in [0, 0.1) is 0 Å². The molecule has 2 N–H and O–H groups in total. The average Bonchev–Trinajstić information content (AvgIpc) is 2.41. The van der Waals surface area contributed by atoms with E-state index in [4.69, 9.17) is 9.47 Å². The van der Waals surface area contributed by atoms with Gasteiger partial charge in [0, 0.05) is 17.3 Å². The summed E-state index contributed by atoms with van der Waals surface area (Å²) in [5, 5.41) is 6.22. The predicted molar refractivity (Wildman–Crippen MR) is 82.4 cm³/mol. The van der Waals surface area contributed by atoms with Crippen LogP contribution in [0.3, 0.4) is 0 Å². The summed E-state index contributed by atoms with van der Waals surface area (Å²) >= 11 is 0. The van der Waals surface area contributed by atoms with Crippen molar-refractivity contribution < 1.29 is 14.3 Å². The second-order valence-electron chi connectivity index (χ2n) is 6.07. The van der Waals surface area contributed by atoms with Gasteiger partial charge in [0.1, 0.15) is 0 Å². The Morgan fingerprint density at radius 2 is 1.95 bits per heavy atom. The van der Waals surface area contributed by atoms with Crippen LogP contribution in [0.4, 0.5) is 5.69 Å². The van der Waals surface area contributed by atoms with Crippen LogP contribution in [0.2, 0.25) is 0 Å². The maximum absolute atomic E-state index is 12.0. The highest BCUT2D eigenvalue weighted by Gasteiger charge is 2.28. The van der Waals surface area contributed by atoms with E-state index in [-0.39, 0.29) is 18.0 Å². The Hall–Kier alpha value is -1.59. The van der Waals surface area contributed by atoms with Crippen molar-refractivity contribution in [2.45, 2.75) is 45.6 Å². The molecule has 1 saturated heterocycles. The van der Waals surface area contributed by atoms with Crippen LogP contribution in [0.25, 0.3) is 0 Å². The first-order valence-corrected chi connectivity index (χ1v) is 7.31. The van der Waals surface area contributed by atoms with Crippen molar-refractivity contribution in [3.63, 3.8) is 0 Å². The minimum Gasteiger partial charge on any atom is -0.378 e. The molecule has 21 heavy (non-hydrogen) atoms. The molecular formula is C16H24N2O3. The van der Waals surface area contributed by atoms with Crippen molar-refractivity contribution in [2.75, 3.05) is 18.5 Å². The lowest BCUT2D eigenvalue weighted by molar-refractivity contribution is -0.247. The lowest BCUT2D eigenvalue weighted by Crippen LogP contribution is -2.45. The molecular weight excluding hydrogens is 268 g/mol. The minimum absolute atomic E-state index is 0.0640. The Morgan fingerprint density at radius 1 is 1.29 bits per heavy atom. The van der Waals surface area contributed by atoms with E-state index in [2.05, 4.69) is 10.6 Å². The zero-order valence-corrected chi connectivity index (χ0v) is 13.1.